The van der Waals surface area contributed by atoms with Crippen LogP contribution < -0.4 is 0 Å². The number of unbranched alkanes of at least 4 members (excludes halogenated alkanes) is 2. The van der Waals surface area contributed by atoms with Crippen molar-refractivity contribution in [2.45, 2.75) is 96.9 Å². The van der Waals surface area contributed by atoms with Gasteiger partial charge in [-0.25, -0.2) is 0 Å². The third-order valence-corrected chi connectivity index (χ3v) is 4.94. The summed E-state index contributed by atoms with van der Waals surface area (Å²) in [4.78, 5) is 11.5. The SMILES string of the molecule is CCCCC(CC)C(O)C(O)(C=O)C(O)C(CC)CCCC. The number of carbonyl (C=O) groups is 1. The van der Waals surface area contributed by atoms with E-state index in [1.54, 1.807) is 0 Å². The Balaban J connectivity index is 5.13. The molecule has 0 rings (SSSR count). The number of aldehydes is 1. The minimum absolute atomic E-state index is 0.173. The molecule has 4 atom stereocenters. The van der Waals surface area contributed by atoms with Crippen molar-refractivity contribution in [3.63, 3.8) is 0 Å². The molecule has 0 aliphatic carbocycles. The van der Waals surface area contributed by atoms with Gasteiger partial charge in [-0.1, -0.05) is 66.2 Å². The second-order valence-corrected chi connectivity index (χ2v) is 6.52. The quantitative estimate of drug-likeness (QED) is 0.456. The highest BCUT2D eigenvalue weighted by molar-refractivity contribution is 5.64. The van der Waals surface area contributed by atoms with Gasteiger partial charge < -0.3 is 15.3 Å². The summed E-state index contributed by atoms with van der Waals surface area (Å²) in [5.74, 6) is -0.345. The van der Waals surface area contributed by atoms with Gasteiger partial charge in [0.05, 0.1) is 12.2 Å². The van der Waals surface area contributed by atoms with E-state index in [4.69, 9.17) is 0 Å². The Labute approximate surface area is 135 Å². The van der Waals surface area contributed by atoms with Gasteiger partial charge >= 0.3 is 0 Å². The highest BCUT2D eigenvalue weighted by Crippen LogP contribution is 2.32. The summed E-state index contributed by atoms with van der Waals surface area (Å²) in [7, 11) is 0. The predicted octanol–water partition coefficient (Wildman–Crippen LogP) is 3.07. The normalized spacial score (nSPS) is 20.0. The number of aliphatic hydroxyl groups excluding tert-OH is 2. The Bertz CT molecular complexity index is 271. The van der Waals surface area contributed by atoms with Gasteiger partial charge in [0.2, 0.25) is 0 Å². The monoisotopic (exact) mass is 316 g/mol. The number of carbonyl (C=O) groups excluding carboxylic acids is 1. The van der Waals surface area contributed by atoms with Crippen LogP contribution in [0.1, 0.15) is 79.1 Å². The van der Waals surface area contributed by atoms with Crippen LogP contribution in [0.5, 0.6) is 0 Å². The first kappa shape index (κ1) is 21.6. The van der Waals surface area contributed by atoms with Crippen molar-refractivity contribution in [1.29, 1.82) is 0 Å². The van der Waals surface area contributed by atoms with Gasteiger partial charge in [-0.15, -0.1) is 0 Å². The average molecular weight is 316 g/mol. The predicted molar refractivity (Wildman–Crippen MR) is 89.6 cm³/mol. The van der Waals surface area contributed by atoms with Gasteiger partial charge in [-0.3, -0.25) is 4.79 Å². The van der Waals surface area contributed by atoms with E-state index in [1.165, 1.54) is 0 Å². The number of aliphatic hydroxyl groups is 3. The van der Waals surface area contributed by atoms with E-state index in [2.05, 4.69) is 13.8 Å². The number of rotatable bonds is 13. The lowest BCUT2D eigenvalue weighted by molar-refractivity contribution is -0.179. The van der Waals surface area contributed by atoms with Crippen LogP contribution >= 0.6 is 0 Å². The summed E-state index contributed by atoms with van der Waals surface area (Å²) in [6, 6.07) is 0. The smallest absolute Gasteiger partial charge is 0.172 e. The Hall–Kier alpha value is -0.450. The van der Waals surface area contributed by atoms with E-state index in [-0.39, 0.29) is 11.8 Å². The van der Waals surface area contributed by atoms with Crippen molar-refractivity contribution >= 4 is 6.29 Å². The van der Waals surface area contributed by atoms with Gasteiger partial charge in [0.1, 0.15) is 0 Å². The Morgan fingerprint density at radius 3 is 1.45 bits per heavy atom. The van der Waals surface area contributed by atoms with Crippen molar-refractivity contribution in [2.24, 2.45) is 11.8 Å². The van der Waals surface area contributed by atoms with Crippen LogP contribution in [0.3, 0.4) is 0 Å². The van der Waals surface area contributed by atoms with E-state index < -0.39 is 17.8 Å². The second kappa shape index (κ2) is 11.1. The highest BCUT2D eigenvalue weighted by Gasteiger charge is 2.47. The molecule has 0 amide bonds. The van der Waals surface area contributed by atoms with Crippen LogP contribution in [-0.4, -0.2) is 39.4 Å². The van der Waals surface area contributed by atoms with E-state index in [9.17, 15) is 20.1 Å². The van der Waals surface area contributed by atoms with Crippen LogP contribution in [0, 0.1) is 11.8 Å². The summed E-state index contributed by atoms with van der Waals surface area (Å²) in [6.07, 6.45) is 4.65. The molecule has 132 valence electrons. The van der Waals surface area contributed by atoms with Gasteiger partial charge in [0.15, 0.2) is 11.9 Å². The molecule has 0 aliphatic rings. The second-order valence-electron chi connectivity index (χ2n) is 6.52. The van der Waals surface area contributed by atoms with E-state index >= 15 is 0 Å². The molecule has 0 bridgehead atoms. The fraction of sp³-hybridized carbons (Fsp3) is 0.944. The van der Waals surface area contributed by atoms with Gasteiger partial charge in [-0.2, -0.15) is 0 Å². The van der Waals surface area contributed by atoms with Crippen LogP contribution in [-0.2, 0) is 4.79 Å². The zero-order valence-electron chi connectivity index (χ0n) is 14.8. The van der Waals surface area contributed by atoms with E-state index in [1.807, 2.05) is 13.8 Å². The molecule has 4 heteroatoms. The Kier molecular flexibility index (Phi) is 10.9. The molecular weight excluding hydrogens is 280 g/mol. The summed E-state index contributed by atoms with van der Waals surface area (Å²) < 4.78 is 0. The van der Waals surface area contributed by atoms with Gasteiger partial charge in [-0.05, 0) is 24.7 Å². The lowest BCUT2D eigenvalue weighted by Crippen LogP contribution is -2.58. The lowest BCUT2D eigenvalue weighted by atomic mass is 9.75. The maximum Gasteiger partial charge on any atom is 0.172 e. The standard InChI is InChI=1S/C18H36O4/c1-5-9-11-14(7-3)16(20)18(22,13-19)17(21)15(8-4)12-10-6-2/h13-17,20-22H,5-12H2,1-4H3. The molecule has 3 N–H and O–H groups in total. The van der Waals surface area contributed by atoms with Crippen molar-refractivity contribution in [1.82, 2.24) is 0 Å². The fourth-order valence-electron chi connectivity index (χ4n) is 3.17. The third-order valence-electron chi connectivity index (χ3n) is 4.94. The maximum atomic E-state index is 11.5. The molecule has 0 aromatic rings. The summed E-state index contributed by atoms with van der Waals surface area (Å²) >= 11 is 0. The van der Waals surface area contributed by atoms with Gasteiger partial charge in [0.25, 0.3) is 0 Å². The molecule has 22 heavy (non-hydrogen) atoms. The molecule has 4 nitrogen and oxygen atoms in total. The van der Waals surface area contributed by atoms with Crippen LogP contribution in [0.4, 0.5) is 0 Å². The zero-order chi connectivity index (χ0) is 17.2. The molecule has 0 heterocycles. The van der Waals surface area contributed by atoms with Crippen molar-refractivity contribution < 1.29 is 20.1 Å². The van der Waals surface area contributed by atoms with Crippen LogP contribution in [0.2, 0.25) is 0 Å². The average Bonchev–Trinajstić information content (AvgIpc) is 2.54. The van der Waals surface area contributed by atoms with Crippen molar-refractivity contribution in [3.05, 3.63) is 0 Å². The summed E-state index contributed by atoms with van der Waals surface area (Å²) in [5.41, 5.74) is -2.07. The lowest BCUT2D eigenvalue weighted by Gasteiger charge is -2.39. The van der Waals surface area contributed by atoms with E-state index in [0.29, 0.717) is 19.1 Å². The zero-order valence-corrected chi connectivity index (χ0v) is 14.8. The number of hydrogen-bond acceptors (Lipinski definition) is 4. The van der Waals surface area contributed by atoms with E-state index in [0.717, 1.165) is 38.5 Å². The molecule has 0 saturated carbocycles. The largest absolute Gasteiger partial charge is 0.389 e. The summed E-state index contributed by atoms with van der Waals surface area (Å²) in [5, 5.41) is 31.8. The molecule has 0 radical (unpaired) electrons. The van der Waals surface area contributed by atoms with Gasteiger partial charge in [0, 0.05) is 0 Å². The molecule has 4 unspecified atom stereocenters. The third kappa shape index (κ3) is 5.64. The molecule has 0 aromatic carbocycles. The maximum absolute atomic E-state index is 11.5. The first-order chi connectivity index (χ1) is 10.4. The molecule has 0 fully saturated rings. The first-order valence-electron chi connectivity index (χ1n) is 8.97. The van der Waals surface area contributed by atoms with Crippen LogP contribution in [0.15, 0.2) is 0 Å². The Morgan fingerprint density at radius 1 is 0.864 bits per heavy atom. The molecule has 0 aromatic heterocycles. The molecule has 0 spiro atoms. The fourth-order valence-corrected chi connectivity index (χ4v) is 3.17. The molecule has 0 aliphatic heterocycles. The number of hydrogen-bond donors (Lipinski definition) is 3. The summed E-state index contributed by atoms with van der Waals surface area (Å²) in [6.45, 7) is 8.01. The minimum Gasteiger partial charge on any atom is -0.389 e. The van der Waals surface area contributed by atoms with Crippen LogP contribution in [0.25, 0.3) is 0 Å². The molecular formula is C18H36O4. The topological polar surface area (TPSA) is 77.8 Å². The first-order valence-corrected chi connectivity index (χ1v) is 8.97. The minimum atomic E-state index is -2.07. The highest BCUT2D eigenvalue weighted by atomic mass is 16.4. The Morgan fingerprint density at radius 2 is 1.23 bits per heavy atom. The van der Waals surface area contributed by atoms with Crippen molar-refractivity contribution in [2.75, 3.05) is 0 Å². The molecule has 0 saturated heterocycles. The van der Waals surface area contributed by atoms with Crippen molar-refractivity contribution in [3.8, 4) is 0 Å².